The van der Waals surface area contributed by atoms with E-state index in [1.807, 2.05) is 28.8 Å². The van der Waals surface area contributed by atoms with Gasteiger partial charge in [-0.05, 0) is 31.5 Å². The van der Waals surface area contributed by atoms with E-state index in [0.717, 1.165) is 56.9 Å². The minimum Gasteiger partial charge on any atom is -0.361 e. The highest BCUT2D eigenvalue weighted by molar-refractivity contribution is 7.99. The number of piperazine rings is 1. The fraction of sp³-hybridized carbons (Fsp3) is 0.571. The van der Waals surface area contributed by atoms with E-state index in [1.54, 1.807) is 0 Å². The molecule has 0 bridgehead atoms. The van der Waals surface area contributed by atoms with Crippen LogP contribution in [0.3, 0.4) is 0 Å². The van der Waals surface area contributed by atoms with Crippen molar-refractivity contribution >= 4 is 28.6 Å². The Kier molecular flexibility index (Phi) is 5.76. The molecule has 6 heteroatoms. The van der Waals surface area contributed by atoms with Crippen molar-refractivity contribution in [1.29, 1.82) is 0 Å². The lowest BCUT2D eigenvalue weighted by molar-refractivity contribution is 0.0595. The maximum absolute atomic E-state index is 12.9. The monoisotopic (exact) mass is 386 g/mol. The molecule has 1 amide bonds. The van der Waals surface area contributed by atoms with Crippen molar-refractivity contribution in [2.24, 2.45) is 0 Å². The van der Waals surface area contributed by atoms with Crippen LogP contribution in [0.15, 0.2) is 24.4 Å². The third-order valence-corrected chi connectivity index (χ3v) is 6.79. The van der Waals surface area contributed by atoms with Gasteiger partial charge in [-0.1, -0.05) is 6.07 Å². The number of carbonyl (C=O) groups excluding carboxylic acids is 1. The number of hydrogen-bond acceptors (Lipinski definition) is 4. The molecule has 0 saturated carbocycles. The Morgan fingerprint density at radius 1 is 1.11 bits per heavy atom. The van der Waals surface area contributed by atoms with Crippen LogP contribution in [0.5, 0.6) is 0 Å². The van der Waals surface area contributed by atoms with E-state index in [1.165, 1.54) is 22.5 Å². The molecular formula is C21H30N4OS. The van der Waals surface area contributed by atoms with Crippen molar-refractivity contribution in [3.63, 3.8) is 0 Å². The summed E-state index contributed by atoms with van der Waals surface area (Å²) < 4.78 is 0. The molecule has 2 aliphatic heterocycles. The van der Waals surface area contributed by atoms with Crippen LogP contribution in [0.1, 0.15) is 29.8 Å². The van der Waals surface area contributed by atoms with Crippen LogP contribution in [0.4, 0.5) is 0 Å². The molecule has 0 radical (unpaired) electrons. The van der Waals surface area contributed by atoms with Gasteiger partial charge in [-0.2, -0.15) is 11.8 Å². The smallest absolute Gasteiger partial charge is 0.254 e. The number of thioether (sulfide) groups is 1. The van der Waals surface area contributed by atoms with E-state index >= 15 is 0 Å². The van der Waals surface area contributed by atoms with Crippen molar-refractivity contribution in [2.45, 2.75) is 26.4 Å². The van der Waals surface area contributed by atoms with Gasteiger partial charge < -0.3 is 9.88 Å². The third kappa shape index (κ3) is 4.18. The molecule has 1 N–H and O–H groups in total. The SMILES string of the molecule is CC(C)N1CCN(C(=O)c2ccc3c(CN4CCSCC4)c[nH]c3c2)CC1. The first-order valence-electron chi connectivity index (χ1n) is 10.1. The van der Waals surface area contributed by atoms with Crippen LogP contribution in [-0.2, 0) is 6.54 Å². The second-order valence-corrected chi connectivity index (χ2v) is 9.11. The maximum Gasteiger partial charge on any atom is 0.254 e. The molecule has 4 rings (SSSR count). The summed E-state index contributed by atoms with van der Waals surface area (Å²) in [5, 5.41) is 1.24. The van der Waals surface area contributed by atoms with Gasteiger partial charge in [0.1, 0.15) is 0 Å². The molecule has 0 aliphatic carbocycles. The minimum atomic E-state index is 0.157. The minimum absolute atomic E-state index is 0.157. The number of H-pyrrole nitrogens is 1. The van der Waals surface area contributed by atoms with Crippen LogP contribution in [0.25, 0.3) is 10.9 Å². The number of fused-ring (bicyclic) bond motifs is 1. The number of carbonyl (C=O) groups is 1. The molecule has 0 spiro atoms. The summed E-state index contributed by atoms with van der Waals surface area (Å²) in [4.78, 5) is 23.3. The van der Waals surface area contributed by atoms with Crippen molar-refractivity contribution in [3.05, 3.63) is 35.5 Å². The zero-order chi connectivity index (χ0) is 18.8. The van der Waals surface area contributed by atoms with Gasteiger partial charge in [0.25, 0.3) is 5.91 Å². The van der Waals surface area contributed by atoms with Crippen LogP contribution >= 0.6 is 11.8 Å². The topological polar surface area (TPSA) is 42.6 Å². The second kappa shape index (κ2) is 8.25. The van der Waals surface area contributed by atoms with E-state index in [9.17, 15) is 4.79 Å². The highest BCUT2D eigenvalue weighted by Crippen LogP contribution is 2.23. The number of nitrogens with zero attached hydrogens (tertiary/aromatic N) is 3. The van der Waals surface area contributed by atoms with Crippen molar-refractivity contribution in [1.82, 2.24) is 19.7 Å². The molecule has 5 nitrogen and oxygen atoms in total. The molecule has 27 heavy (non-hydrogen) atoms. The molecule has 2 aliphatic rings. The lowest BCUT2D eigenvalue weighted by atomic mass is 10.1. The quantitative estimate of drug-likeness (QED) is 0.877. The fourth-order valence-corrected chi connectivity index (χ4v) is 5.05. The predicted molar refractivity (Wildman–Crippen MR) is 114 cm³/mol. The van der Waals surface area contributed by atoms with E-state index < -0.39 is 0 Å². The summed E-state index contributed by atoms with van der Waals surface area (Å²) in [7, 11) is 0. The number of aromatic nitrogens is 1. The first kappa shape index (κ1) is 18.8. The average Bonchev–Trinajstić information content (AvgIpc) is 3.10. The highest BCUT2D eigenvalue weighted by atomic mass is 32.2. The molecular weight excluding hydrogens is 356 g/mol. The first-order valence-corrected chi connectivity index (χ1v) is 11.2. The van der Waals surface area contributed by atoms with Gasteiger partial charge in [-0.3, -0.25) is 14.6 Å². The largest absolute Gasteiger partial charge is 0.361 e. The predicted octanol–water partition coefficient (Wildman–Crippen LogP) is 2.88. The molecule has 2 fully saturated rings. The summed E-state index contributed by atoms with van der Waals surface area (Å²) in [6, 6.07) is 6.71. The van der Waals surface area contributed by atoms with Crippen LogP contribution in [0, 0.1) is 0 Å². The van der Waals surface area contributed by atoms with E-state index in [-0.39, 0.29) is 5.91 Å². The Morgan fingerprint density at radius 2 is 1.85 bits per heavy atom. The molecule has 0 unspecified atom stereocenters. The molecule has 0 atom stereocenters. The Hall–Kier alpha value is -1.50. The van der Waals surface area contributed by atoms with E-state index in [4.69, 9.17) is 0 Å². The Bertz CT molecular complexity index is 789. The number of amides is 1. The van der Waals surface area contributed by atoms with Crippen molar-refractivity contribution in [3.8, 4) is 0 Å². The van der Waals surface area contributed by atoms with Gasteiger partial charge in [0, 0.05) is 86.0 Å². The van der Waals surface area contributed by atoms with Crippen LogP contribution < -0.4 is 0 Å². The zero-order valence-corrected chi connectivity index (χ0v) is 17.2. The Morgan fingerprint density at radius 3 is 2.56 bits per heavy atom. The molecule has 146 valence electrons. The standard InChI is InChI=1S/C21H30N4OS/c1-16(2)24-5-7-25(8-6-24)21(26)17-3-4-19-18(14-22-20(19)13-17)15-23-9-11-27-12-10-23/h3-4,13-14,16,22H,5-12,15H2,1-2H3. The van der Waals surface area contributed by atoms with Gasteiger partial charge in [-0.25, -0.2) is 0 Å². The number of nitrogens with one attached hydrogen (secondary N) is 1. The summed E-state index contributed by atoms with van der Waals surface area (Å²) in [6.07, 6.45) is 2.11. The number of aromatic amines is 1. The molecule has 1 aromatic heterocycles. The zero-order valence-electron chi connectivity index (χ0n) is 16.4. The average molecular weight is 387 g/mol. The first-order chi connectivity index (χ1) is 13.1. The lowest BCUT2D eigenvalue weighted by Crippen LogP contribution is -2.50. The van der Waals surface area contributed by atoms with Gasteiger partial charge in [0.2, 0.25) is 0 Å². The number of benzene rings is 1. The number of hydrogen-bond donors (Lipinski definition) is 1. The normalized spacial score (nSPS) is 19.9. The van der Waals surface area contributed by atoms with Crippen molar-refractivity contribution < 1.29 is 4.79 Å². The Labute approximate surface area is 166 Å². The van der Waals surface area contributed by atoms with Gasteiger partial charge in [0.15, 0.2) is 0 Å². The second-order valence-electron chi connectivity index (χ2n) is 7.88. The van der Waals surface area contributed by atoms with Crippen LogP contribution in [0.2, 0.25) is 0 Å². The van der Waals surface area contributed by atoms with Gasteiger partial charge in [-0.15, -0.1) is 0 Å². The summed E-state index contributed by atoms with van der Waals surface area (Å²) in [5.74, 6) is 2.61. The van der Waals surface area contributed by atoms with Gasteiger partial charge in [0.05, 0.1) is 0 Å². The van der Waals surface area contributed by atoms with Crippen molar-refractivity contribution in [2.75, 3.05) is 50.8 Å². The summed E-state index contributed by atoms with van der Waals surface area (Å²) in [6.45, 7) is 11.3. The van der Waals surface area contributed by atoms with E-state index in [0.29, 0.717) is 6.04 Å². The van der Waals surface area contributed by atoms with Gasteiger partial charge >= 0.3 is 0 Å². The number of rotatable bonds is 4. The Balaban J connectivity index is 1.45. The fourth-order valence-electron chi connectivity index (χ4n) is 4.07. The highest BCUT2D eigenvalue weighted by Gasteiger charge is 2.23. The lowest BCUT2D eigenvalue weighted by Gasteiger charge is -2.37. The maximum atomic E-state index is 12.9. The molecule has 1 aromatic carbocycles. The molecule has 2 saturated heterocycles. The molecule has 3 heterocycles. The third-order valence-electron chi connectivity index (χ3n) is 5.84. The van der Waals surface area contributed by atoms with Crippen LogP contribution in [-0.4, -0.2) is 82.4 Å². The molecule has 2 aromatic rings. The summed E-state index contributed by atoms with van der Waals surface area (Å²) in [5.41, 5.74) is 3.20. The summed E-state index contributed by atoms with van der Waals surface area (Å²) >= 11 is 2.04. The van der Waals surface area contributed by atoms with E-state index in [2.05, 4.69) is 40.9 Å².